The largest absolute Gasteiger partial charge is 0.497 e. The summed E-state index contributed by atoms with van der Waals surface area (Å²) in [5, 5.41) is 0. The highest BCUT2D eigenvalue weighted by atomic mass is 32.2. The lowest BCUT2D eigenvalue weighted by Gasteiger charge is -2.18. The van der Waals surface area contributed by atoms with Gasteiger partial charge in [-0.3, -0.25) is 4.99 Å². The molecule has 7 heteroatoms. The van der Waals surface area contributed by atoms with Gasteiger partial charge in [-0.1, -0.05) is 6.07 Å². The summed E-state index contributed by atoms with van der Waals surface area (Å²) in [7, 11) is -0.516. The molecule has 138 valence electrons. The van der Waals surface area contributed by atoms with Crippen molar-refractivity contribution in [2.45, 2.75) is 12.8 Å². The van der Waals surface area contributed by atoms with E-state index in [0.717, 1.165) is 41.8 Å². The molecule has 0 aromatic heterocycles. The molecule has 1 aliphatic heterocycles. The van der Waals surface area contributed by atoms with Gasteiger partial charge >= 0.3 is 10.1 Å². The van der Waals surface area contributed by atoms with Gasteiger partial charge in [0.25, 0.3) is 0 Å². The van der Waals surface area contributed by atoms with E-state index in [2.05, 4.69) is 4.99 Å². The number of hydrogen-bond acceptors (Lipinski definition) is 6. The van der Waals surface area contributed by atoms with E-state index in [9.17, 15) is 8.42 Å². The first-order valence-electron chi connectivity index (χ1n) is 8.16. The fourth-order valence-corrected chi connectivity index (χ4v) is 3.44. The number of benzene rings is 2. The first kappa shape index (κ1) is 18.3. The second-order valence-corrected chi connectivity index (χ2v) is 7.63. The third kappa shape index (κ3) is 4.16. The van der Waals surface area contributed by atoms with Crippen molar-refractivity contribution >= 4 is 15.8 Å². The van der Waals surface area contributed by atoms with Crippen molar-refractivity contribution in [2.75, 3.05) is 27.0 Å². The van der Waals surface area contributed by atoms with Gasteiger partial charge < -0.3 is 13.7 Å². The Morgan fingerprint density at radius 2 is 1.85 bits per heavy atom. The Kier molecular flexibility index (Phi) is 5.18. The molecule has 0 spiro atoms. The van der Waals surface area contributed by atoms with Crippen LogP contribution in [0.15, 0.2) is 41.4 Å². The van der Waals surface area contributed by atoms with Crippen LogP contribution in [-0.4, -0.2) is 41.1 Å². The second kappa shape index (κ2) is 7.37. The van der Waals surface area contributed by atoms with Crippen LogP contribution >= 0.6 is 0 Å². The van der Waals surface area contributed by atoms with Gasteiger partial charge in [-0.15, -0.1) is 0 Å². The van der Waals surface area contributed by atoms with Crippen molar-refractivity contribution in [3.8, 4) is 17.2 Å². The Bertz CT molecular complexity index is 950. The maximum atomic E-state index is 11.5. The van der Waals surface area contributed by atoms with E-state index in [-0.39, 0.29) is 5.75 Å². The summed E-state index contributed by atoms with van der Waals surface area (Å²) in [5.74, 6) is 1.38. The molecule has 0 atom stereocenters. The summed E-state index contributed by atoms with van der Waals surface area (Å²) >= 11 is 0. The quantitative estimate of drug-likeness (QED) is 0.726. The van der Waals surface area contributed by atoms with E-state index in [1.165, 1.54) is 12.7 Å². The van der Waals surface area contributed by atoms with Gasteiger partial charge in [0.15, 0.2) is 11.5 Å². The maximum Gasteiger partial charge on any atom is 0.306 e. The Hall–Kier alpha value is -2.54. The minimum Gasteiger partial charge on any atom is -0.497 e. The van der Waals surface area contributed by atoms with Gasteiger partial charge in [0.1, 0.15) is 5.75 Å². The zero-order chi connectivity index (χ0) is 18.7. The molecule has 0 saturated carbocycles. The lowest BCUT2D eigenvalue weighted by atomic mass is 9.93. The first-order chi connectivity index (χ1) is 12.4. The van der Waals surface area contributed by atoms with Crippen LogP contribution in [0.5, 0.6) is 17.2 Å². The lowest BCUT2D eigenvalue weighted by Crippen LogP contribution is -2.15. The summed E-state index contributed by atoms with van der Waals surface area (Å²) in [5.41, 5.74) is 4.16. The molecule has 0 fully saturated rings. The van der Waals surface area contributed by atoms with Crippen LogP contribution in [0.4, 0.5) is 0 Å². The van der Waals surface area contributed by atoms with Crippen molar-refractivity contribution in [1.82, 2.24) is 0 Å². The Morgan fingerprint density at radius 3 is 2.54 bits per heavy atom. The average Bonchev–Trinajstić information content (AvgIpc) is 2.60. The van der Waals surface area contributed by atoms with E-state index >= 15 is 0 Å². The predicted octanol–water partition coefficient (Wildman–Crippen LogP) is 2.63. The fourth-order valence-electron chi connectivity index (χ4n) is 2.99. The maximum absolute atomic E-state index is 11.5. The van der Waals surface area contributed by atoms with Crippen LogP contribution in [0.2, 0.25) is 0 Å². The molecule has 0 aliphatic carbocycles. The molecule has 2 aromatic carbocycles. The van der Waals surface area contributed by atoms with Crippen LogP contribution in [0.3, 0.4) is 0 Å². The van der Waals surface area contributed by atoms with Gasteiger partial charge in [0, 0.05) is 18.7 Å². The number of aliphatic imine (C=N–C) groups is 1. The summed E-state index contributed by atoms with van der Waals surface area (Å²) in [6, 6.07) is 11.2. The van der Waals surface area contributed by atoms with E-state index in [1.807, 2.05) is 24.3 Å². The van der Waals surface area contributed by atoms with Crippen molar-refractivity contribution < 1.29 is 22.1 Å². The standard InChI is InChI=1S/C19H21NO5S/c1-23-15-5-6-16-14(12-15)8-9-20-17(16)10-13-4-7-18(24-2)19(11-13)25-26(3,21)22/h4-7,11-12H,8-10H2,1-3H3. The minimum atomic E-state index is -3.64. The molecule has 2 aromatic rings. The fraction of sp³-hybridized carbons (Fsp3) is 0.316. The molecular weight excluding hydrogens is 354 g/mol. The molecule has 0 amide bonds. The van der Waals surface area contributed by atoms with Gasteiger partial charge in [-0.05, 0) is 53.4 Å². The Labute approximate surface area is 153 Å². The predicted molar refractivity (Wildman–Crippen MR) is 100 cm³/mol. The topological polar surface area (TPSA) is 74.2 Å². The van der Waals surface area contributed by atoms with Crippen LogP contribution in [0.1, 0.15) is 16.7 Å². The second-order valence-electron chi connectivity index (χ2n) is 6.05. The minimum absolute atomic E-state index is 0.180. The zero-order valence-electron chi connectivity index (χ0n) is 15.0. The number of ether oxygens (including phenoxy) is 2. The molecule has 6 nitrogen and oxygen atoms in total. The Morgan fingerprint density at radius 1 is 1.04 bits per heavy atom. The molecule has 1 heterocycles. The third-order valence-electron chi connectivity index (χ3n) is 4.15. The first-order valence-corrected chi connectivity index (χ1v) is 9.98. The highest BCUT2D eigenvalue weighted by Crippen LogP contribution is 2.30. The van der Waals surface area contributed by atoms with Crippen LogP contribution in [0.25, 0.3) is 0 Å². The number of nitrogens with zero attached hydrogens (tertiary/aromatic N) is 1. The molecule has 3 rings (SSSR count). The molecule has 0 unspecified atom stereocenters. The van der Waals surface area contributed by atoms with Crippen molar-refractivity contribution in [2.24, 2.45) is 4.99 Å². The van der Waals surface area contributed by atoms with Crippen molar-refractivity contribution in [3.05, 3.63) is 53.1 Å². The zero-order valence-corrected chi connectivity index (χ0v) is 15.8. The molecular formula is C19H21NO5S. The van der Waals surface area contributed by atoms with Crippen molar-refractivity contribution in [1.29, 1.82) is 0 Å². The molecule has 0 saturated heterocycles. The van der Waals surface area contributed by atoms with E-state index in [1.54, 1.807) is 19.2 Å². The van der Waals surface area contributed by atoms with Gasteiger partial charge in [-0.2, -0.15) is 8.42 Å². The normalized spacial score (nSPS) is 13.6. The number of hydrogen-bond donors (Lipinski definition) is 0. The molecule has 0 N–H and O–H groups in total. The smallest absolute Gasteiger partial charge is 0.306 e. The van der Waals surface area contributed by atoms with Crippen LogP contribution < -0.4 is 13.7 Å². The van der Waals surface area contributed by atoms with Gasteiger partial charge in [0.05, 0.1) is 20.5 Å². The SMILES string of the molecule is COc1ccc2c(c1)CCN=C2Cc1ccc(OC)c(OS(C)(=O)=O)c1. The average molecular weight is 375 g/mol. The van der Waals surface area contributed by atoms with E-state index in [4.69, 9.17) is 13.7 Å². The summed E-state index contributed by atoms with van der Waals surface area (Å²) in [4.78, 5) is 4.65. The number of fused-ring (bicyclic) bond motifs is 1. The molecule has 26 heavy (non-hydrogen) atoms. The molecule has 0 bridgehead atoms. The highest BCUT2D eigenvalue weighted by molar-refractivity contribution is 7.86. The molecule has 1 aliphatic rings. The van der Waals surface area contributed by atoms with Gasteiger partial charge in [-0.25, -0.2) is 0 Å². The lowest BCUT2D eigenvalue weighted by molar-refractivity contribution is 0.391. The van der Waals surface area contributed by atoms with E-state index in [0.29, 0.717) is 12.2 Å². The number of methoxy groups -OCH3 is 2. The Balaban J connectivity index is 1.90. The molecule has 0 radical (unpaired) electrons. The monoisotopic (exact) mass is 375 g/mol. The number of rotatable bonds is 6. The summed E-state index contributed by atoms with van der Waals surface area (Å²) in [6.45, 7) is 0.721. The van der Waals surface area contributed by atoms with Crippen LogP contribution in [-0.2, 0) is 23.0 Å². The third-order valence-corrected chi connectivity index (χ3v) is 4.63. The van der Waals surface area contributed by atoms with E-state index < -0.39 is 10.1 Å². The summed E-state index contributed by atoms with van der Waals surface area (Å²) < 4.78 is 38.5. The highest BCUT2D eigenvalue weighted by Gasteiger charge is 2.17. The van der Waals surface area contributed by atoms with Crippen LogP contribution in [0, 0.1) is 0 Å². The van der Waals surface area contributed by atoms with Crippen molar-refractivity contribution in [3.63, 3.8) is 0 Å². The van der Waals surface area contributed by atoms with Gasteiger partial charge in [0.2, 0.25) is 0 Å². The summed E-state index contributed by atoms with van der Waals surface area (Å²) in [6.07, 6.45) is 2.46.